The highest BCUT2D eigenvalue weighted by molar-refractivity contribution is 5.29. The summed E-state index contributed by atoms with van der Waals surface area (Å²) in [4.78, 5) is 0. The summed E-state index contributed by atoms with van der Waals surface area (Å²) in [6.07, 6.45) is 2.78. The van der Waals surface area contributed by atoms with Gasteiger partial charge in [0.15, 0.2) is 0 Å². The van der Waals surface area contributed by atoms with Crippen LogP contribution < -0.4 is 5.32 Å². The van der Waals surface area contributed by atoms with Crippen LogP contribution in [0.25, 0.3) is 0 Å². The van der Waals surface area contributed by atoms with Gasteiger partial charge in [-0.15, -0.1) is 0 Å². The van der Waals surface area contributed by atoms with Crippen LogP contribution in [-0.2, 0) is 6.54 Å². The molecule has 0 radical (unpaired) electrons. The molecule has 0 heterocycles. The number of nitrogens with one attached hydrogen (secondary N) is 1. The van der Waals surface area contributed by atoms with Crippen molar-refractivity contribution in [2.75, 3.05) is 6.54 Å². The van der Waals surface area contributed by atoms with E-state index in [0.29, 0.717) is 5.41 Å². The average molecular weight is 217 g/mol. The third-order valence-corrected chi connectivity index (χ3v) is 2.98. The Balaban J connectivity index is 1.86. The Kier molecular flexibility index (Phi) is 3.34. The molecule has 1 aromatic rings. The minimum atomic E-state index is 0.369. The molecule has 0 aromatic heterocycles. The van der Waals surface area contributed by atoms with Crippen LogP contribution in [0.2, 0.25) is 0 Å². The smallest absolute Gasteiger partial charge is 0.0205 e. The first-order valence-corrected chi connectivity index (χ1v) is 6.34. The summed E-state index contributed by atoms with van der Waals surface area (Å²) in [7, 11) is 0. The lowest BCUT2D eigenvalue weighted by Crippen LogP contribution is -2.26. The summed E-state index contributed by atoms with van der Waals surface area (Å²) in [6.45, 7) is 8.86. The standard InChI is InChI=1S/C15H23N/c1-15(2,3)11-16-10-12-5-4-6-14(9-12)13-7-8-13/h4-6,9,13,16H,7-8,10-11H2,1-3H3. The maximum Gasteiger partial charge on any atom is 0.0205 e. The molecule has 1 saturated carbocycles. The number of rotatable bonds is 4. The van der Waals surface area contributed by atoms with Gasteiger partial charge in [-0.25, -0.2) is 0 Å². The van der Waals surface area contributed by atoms with Crippen molar-refractivity contribution in [3.8, 4) is 0 Å². The van der Waals surface area contributed by atoms with Crippen molar-refractivity contribution >= 4 is 0 Å². The summed E-state index contributed by atoms with van der Waals surface area (Å²) in [5.41, 5.74) is 3.33. The maximum atomic E-state index is 3.53. The molecule has 16 heavy (non-hydrogen) atoms. The van der Waals surface area contributed by atoms with Crippen LogP contribution in [0.3, 0.4) is 0 Å². The molecule has 1 aliphatic carbocycles. The molecule has 0 amide bonds. The van der Waals surface area contributed by atoms with Crippen LogP contribution in [0.15, 0.2) is 24.3 Å². The lowest BCUT2D eigenvalue weighted by atomic mass is 9.97. The Morgan fingerprint density at radius 1 is 1.25 bits per heavy atom. The summed E-state index contributed by atoms with van der Waals surface area (Å²) in [6, 6.07) is 9.06. The van der Waals surface area contributed by atoms with E-state index in [9.17, 15) is 0 Å². The average Bonchev–Trinajstić information content (AvgIpc) is 2.99. The van der Waals surface area contributed by atoms with Gasteiger partial charge in [-0.3, -0.25) is 0 Å². The van der Waals surface area contributed by atoms with Gasteiger partial charge in [-0.2, -0.15) is 0 Å². The first-order valence-electron chi connectivity index (χ1n) is 6.34. The molecule has 0 saturated heterocycles. The van der Waals surface area contributed by atoms with Gasteiger partial charge in [0.2, 0.25) is 0 Å². The largest absolute Gasteiger partial charge is 0.312 e. The van der Waals surface area contributed by atoms with E-state index in [0.717, 1.165) is 19.0 Å². The summed E-state index contributed by atoms with van der Waals surface area (Å²) in [5, 5.41) is 3.53. The van der Waals surface area contributed by atoms with Crippen molar-refractivity contribution in [2.45, 2.75) is 46.1 Å². The highest BCUT2D eigenvalue weighted by Crippen LogP contribution is 2.40. The highest BCUT2D eigenvalue weighted by Gasteiger charge is 2.23. The molecule has 0 bridgehead atoms. The van der Waals surface area contributed by atoms with Crippen LogP contribution in [0.4, 0.5) is 0 Å². The molecule has 1 nitrogen and oxygen atoms in total. The van der Waals surface area contributed by atoms with Gasteiger partial charge in [0.05, 0.1) is 0 Å². The molecule has 1 N–H and O–H groups in total. The van der Waals surface area contributed by atoms with Crippen molar-refractivity contribution in [1.82, 2.24) is 5.32 Å². The van der Waals surface area contributed by atoms with Crippen molar-refractivity contribution in [3.05, 3.63) is 35.4 Å². The molecule has 1 aliphatic rings. The van der Waals surface area contributed by atoms with Crippen LogP contribution in [0.1, 0.15) is 50.7 Å². The summed E-state index contributed by atoms with van der Waals surface area (Å²) in [5.74, 6) is 0.863. The first kappa shape index (κ1) is 11.7. The predicted molar refractivity (Wildman–Crippen MR) is 69.6 cm³/mol. The van der Waals surface area contributed by atoms with E-state index in [1.807, 2.05) is 0 Å². The van der Waals surface area contributed by atoms with E-state index < -0.39 is 0 Å². The van der Waals surface area contributed by atoms with Crippen LogP contribution >= 0.6 is 0 Å². The predicted octanol–water partition coefficient (Wildman–Crippen LogP) is 3.70. The fourth-order valence-electron chi connectivity index (χ4n) is 1.96. The van der Waals surface area contributed by atoms with Crippen LogP contribution in [-0.4, -0.2) is 6.54 Å². The van der Waals surface area contributed by atoms with E-state index in [-0.39, 0.29) is 0 Å². The molecule has 0 atom stereocenters. The lowest BCUT2D eigenvalue weighted by molar-refractivity contribution is 0.379. The van der Waals surface area contributed by atoms with Crippen molar-refractivity contribution in [1.29, 1.82) is 0 Å². The summed E-state index contributed by atoms with van der Waals surface area (Å²) >= 11 is 0. The Hall–Kier alpha value is -0.820. The van der Waals surface area contributed by atoms with E-state index in [1.54, 1.807) is 0 Å². The van der Waals surface area contributed by atoms with E-state index in [1.165, 1.54) is 24.0 Å². The molecule has 0 aliphatic heterocycles. The molecular formula is C15H23N. The van der Waals surface area contributed by atoms with Gasteiger partial charge in [0.1, 0.15) is 0 Å². The third kappa shape index (κ3) is 3.64. The third-order valence-electron chi connectivity index (χ3n) is 2.98. The Labute approximate surface area is 99.3 Å². The first-order chi connectivity index (χ1) is 7.54. The number of hydrogen-bond acceptors (Lipinski definition) is 1. The Morgan fingerprint density at radius 2 is 2.00 bits per heavy atom. The van der Waals surface area contributed by atoms with Gasteiger partial charge in [-0.1, -0.05) is 45.0 Å². The second-order valence-electron chi connectivity index (χ2n) is 6.18. The molecule has 88 valence electrons. The second-order valence-corrected chi connectivity index (χ2v) is 6.18. The molecular weight excluding hydrogens is 194 g/mol. The minimum absolute atomic E-state index is 0.369. The normalized spacial score (nSPS) is 16.4. The quantitative estimate of drug-likeness (QED) is 0.811. The van der Waals surface area contributed by atoms with Gasteiger partial charge in [-0.05, 0) is 35.3 Å². The Morgan fingerprint density at radius 3 is 2.62 bits per heavy atom. The molecule has 2 rings (SSSR count). The summed E-state index contributed by atoms with van der Waals surface area (Å²) < 4.78 is 0. The van der Waals surface area contributed by atoms with Crippen LogP contribution in [0.5, 0.6) is 0 Å². The maximum absolute atomic E-state index is 3.53. The number of hydrogen-bond donors (Lipinski definition) is 1. The molecule has 0 unspecified atom stereocenters. The second kappa shape index (κ2) is 4.58. The zero-order chi connectivity index (χ0) is 11.6. The monoisotopic (exact) mass is 217 g/mol. The molecule has 1 heteroatoms. The van der Waals surface area contributed by atoms with E-state index >= 15 is 0 Å². The van der Waals surface area contributed by atoms with Crippen molar-refractivity contribution < 1.29 is 0 Å². The molecule has 1 aromatic carbocycles. The minimum Gasteiger partial charge on any atom is -0.312 e. The van der Waals surface area contributed by atoms with Gasteiger partial charge >= 0.3 is 0 Å². The van der Waals surface area contributed by atoms with Gasteiger partial charge in [0.25, 0.3) is 0 Å². The molecule has 1 fully saturated rings. The van der Waals surface area contributed by atoms with Crippen molar-refractivity contribution in [3.63, 3.8) is 0 Å². The highest BCUT2D eigenvalue weighted by atomic mass is 14.9. The zero-order valence-electron chi connectivity index (χ0n) is 10.7. The zero-order valence-corrected chi connectivity index (χ0v) is 10.7. The van der Waals surface area contributed by atoms with Gasteiger partial charge in [0, 0.05) is 13.1 Å². The number of benzene rings is 1. The fourth-order valence-corrected chi connectivity index (χ4v) is 1.96. The lowest BCUT2D eigenvalue weighted by Gasteiger charge is -2.18. The fraction of sp³-hybridized carbons (Fsp3) is 0.600. The van der Waals surface area contributed by atoms with E-state index in [2.05, 4.69) is 50.4 Å². The van der Waals surface area contributed by atoms with Crippen LogP contribution in [0, 0.1) is 5.41 Å². The topological polar surface area (TPSA) is 12.0 Å². The SMILES string of the molecule is CC(C)(C)CNCc1cccc(C2CC2)c1. The van der Waals surface area contributed by atoms with E-state index in [4.69, 9.17) is 0 Å². The Bertz CT molecular complexity index is 345. The molecule has 0 spiro atoms. The van der Waals surface area contributed by atoms with Gasteiger partial charge < -0.3 is 5.32 Å². The van der Waals surface area contributed by atoms with Crippen molar-refractivity contribution in [2.24, 2.45) is 5.41 Å².